The predicted molar refractivity (Wildman–Crippen MR) is 69.1 cm³/mol. The van der Waals surface area contributed by atoms with Crippen LogP contribution < -0.4 is 0 Å². The lowest BCUT2D eigenvalue weighted by Crippen LogP contribution is -1.80. The maximum atomic E-state index is 6.01. The van der Waals surface area contributed by atoms with Gasteiger partial charge in [-0.3, -0.25) is 4.99 Å². The highest BCUT2D eigenvalue weighted by molar-refractivity contribution is 6.43. The van der Waals surface area contributed by atoms with E-state index in [0.29, 0.717) is 15.7 Å². The van der Waals surface area contributed by atoms with Crippen molar-refractivity contribution in [1.29, 1.82) is 0 Å². The standard InChI is InChI=1S/C12H10Cl2N2/c1-16-6-5-9(8-16)7-15-11-4-2-3-10(13)12(11)14/h2-8H,1H3. The molecule has 0 fully saturated rings. The largest absolute Gasteiger partial charge is 0.357 e. The molecule has 0 saturated carbocycles. The van der Waals surface area contributed by atoms with Crippen molar-refractivity contribution in [2.75, 3.05) is 0 Å². The molecular weight excluding hydrogens is 243 g/mol. The van der Waals surface area contributed by atoms with E-state index in [2.05, 4.69) is 4.99 Å². The lowest BCUT2D eigenvalue weighted by molar-refractivity contribution is 0.927. The van der Waals surface area contributed by atoms with Crippen molar-refractivity contribution in [3.63, 3.8) is 0 Å². The van der Waals surface area contributed by atoms with E-state index >= 15 is 0 Å². The van der Waals surface area contributed by atoms with Gasteiger partial charge in [-0.15, -0.1) is 0 Å². The van der Waals surface area contributed by atoms with Gasteiger partial charge in [0.1, 0.15) is 0 Å². The summed E-state index contributed by atoms with van der Waals surface area (Å²) in [5.41, 5.74) is 1.71. The van der Waals surface area contributed by atoms with Crippen molar-refractivity contribution in [3.05, 3.63) is 52.3 Å². The summed E-state index contributed by atoms with van der Waals surface area (Å²) in [6.45, 7) is 0. The molecule has 0 bridgehead atoms. The molecule has 0 N–H and O–H groups in total. The molecule has 82 valence electrons. The van der Waals surface area contributed by atoms with E-state index in [1.54, 1.807) is 12.3 Å². The average Bonchev–Trinajstić information content (AvgIpc) is 2.67. The van der Waals surface area contributed by atoms with Crippen molar-refractivity contribution in [2.24, 2.45) is 12.0 Å². The highest BCUT2D eigenvalue weighted by Crippen LogP contribution is 2.31. The Hall–Kier alpha value is -1.25. The van der Waals surface area contributed by atoms with Crippen LogP contribution in [0.1, 0.15) is 5.56 Å². The second-order valence-electron chi connectivity index (χ2n) is 3.44. The van der Waals surface area contributed by atoms with Crippen molar-refractivity contribution in [3.8, 4) is 0 Å². The van der Waals surface area contributed by atoms with Crippen LogP contribution >= 0.6 is 23.2 Å². The predicted octanol–water partition coefficient (Wildman–Crippen LogP) is 4.08. The van der Waals surface area contributed by atoms with Crippen LogP contribution in [-0.2, 0) is 7.05 Å². The Morgan fingerprint density at radius 1 is 1.25 bits per heavy atom. The third-order valence-electron chi connectivity index (χ3n) is 2.14. The molecule has 1 aromatic heterocycles. The molecule has 0 amide bonds. The van der Waals surface area contributed by atoms with E-state index < -0.39 is 0 Å². The molecule has 16 heavy (non-hydrogen) atoms. The Kier molecular flexibility index (Phi) is 3.32. The van der Waals surface area contributed by atoms with Gasteiger partial charge in [0.15, 0.2) is 0 Å². The van der Waals surface area contributed by atoms with E-state index in [1.807, 2.05) is 42.2 Å². The third kappa shape index (κ3) is 2.46. The molecule has 0 aliphatic carbocycles. The Labute approximate surface area is 104 Å². The van der Waals surface area contributed by atoms with Crippen LogP contribution in [0.25, 0.3) is 0 Å². The summed E-state index contributed by atoms with van der Waals surface area (Å²) in [6, 6.07) is 7.37. The number of rotatable bonds is 2. The van der Waals surface area contributed by atoms with Crippen LogP contribution in [0.2, 0.25) is 10.0 Å². The fraction of sp³-hybridized carbons (Fsp3) is 0.0833. The van der Waals surface area contributed by atoms with Gasteiger partial charge in [-0.05, 0) is 18.2 Å². The summed E-state index contributed by atoms with van der Waals surface area (Å²) in [4.78, 5) is 4.30. The molecular formula is C12H10Cl2N2. The maximum Gasteiger partial charge on any atom is 0.0848 e. The molecule has 1 aromatic carbocycles. The van der Waals surface area contributed by atoms with Crippen molar-refractivity contribution < 1.29 is 0 Å². The zero-order valence-electron chi connectivity index (χ0n) is 8.69. The summed E-state index contributed by atoms with van der Waals surface area (Å²) in [5, 5.41) is 1.00. The van der Waals surface area contributed by atoms with E-state index in [4.69, 9.17) is 23.2 Å². The second-order valence-corrected chi connectivity index (χ2v) is 4.23. The highest BCUT2D eigenvalue weighted by Gasteiger charge is 2.01. The number of hydrogen-bond acceptors (Lipinski definition) is 1. The summed E-state index contributed by atoms with van der Waals surface area (Å²) < 4.78 is 1.96. The van der Waals surface area contributed by atoms with Crippen LogP contribution in [0.5, 0.6) is 0 Å². The number of aryl methyl sites for hydroxylation is 1. The van der Waals surface area contributed by atoms with E-state index in [-0.39, 0.29) is 0 Å². The van der Waals surface area contributed by atoms with E-state index in [9.17, 15) is 0 Å². The monoisotopic (exact) mass is 252 g/mol. The molecule has 2 rings (SSSR count). The third-order valence-corrected chi connectivity index (χ3v) is 2.95. The number of hydrogen-bond donors (Lipinski definition) is 0. The molecule has 0 aliphatic heterocycles. The fourth-order valence-corrected chi connectivity index (χ4v) is 1.68. The number of halogens is 2. The molecule has 0 unspecified atom stereocenters. The summed E-state index contributed by atoms with van der Waals surface area (Å²) in [5.74, 6) is 0. The zero-order chi connectivity index (χ0) is 11.5. The molecule has 4 heteroatoms. The highest BCUT2D eigenvalue weighted by atomic mass is 35.5. The van der Waals surface area contributed by atoms with Crippen LogP contribution in [0.3, 0.4) is 0 Å². The van der Waals surface area contributed by atoms with Crippen molar-refractivity contribution >= 4 is 35.1 Å². The van der Waals surface area contributed by atoms with Gasteiger partial charge in [0.25, 0.3) is 0 Å². The maximum absolute atomic E-state index is 6.01. The molecule has 0 radical (unpaired) electrons. The van der Waals surface area contributed by atoms with Gasteiger partial charge in [-0.25, -0.2) is 0 Å². The first kappa shape index (κ1) is 11.2. The topological polar surface area (TPSA) is 17.3 Å². The minimum Gasteiger partial charge on any atom is -0.357 e. The number of aromatic nitrogens is 1. The van der Waals surface area contributed by atoms with Gasteiger partial charge in [-0.1, -0.05) is 29.3 Å². The first-order valence-corrected chi connectivity index (χ1v) is 5.52. The number of nitrogens with zero attached hydrogens (tertiary/aromatic N) is 2. The van der Waals surface area contributed by atoms with Gasteiger partial charge < -0.3 is 4.57 Å². The lowest BCUT2D eigenvalue weighted by atomic mass is 10.3. The van der Waals surface area contributed by atoms with Crippen LogP contribution in [-0.4, -0.2) is 10.8 Å². The quantitative estimate of drug-likeness (QED) is 0.717. The molecule has 0 spiro atoms. The average molecular weight is 253 g/mol. The molecule has 2 nitrogen and oxygen atoms in total. The first-order chi connectivity index (χ1) is 7.66. The first-order valence-electron chi connectivity index (χ1n) is 4.77. The van der Waals surface area contributed by atoms with Gasteiger partial charge in [0.05, 0.1) is 15.7 Å². The smallest absolute Gasteiger partial charge is 0.0848 e. The van der Waals surface area contributed by atoms with Crippen LogP contribution in [0.4, 0.5) is 5.69 Å². The summed E-state index contributed by atoms with van der Waals surface area (Å²) in [6.07, 6.45) is 5.69. The van der Waals surface area contributed by atoms with Gasteiger partial charge in [0.2, 0.25) is 0 Å². The van der Waals surface area contributed by atoms with Gasteiger partial charge >= 0.3 is 0 Å². The van der Waals surface area contributed by atoms with Gasteiger partial charge in [0, 0.05) is 31.2 Å². The van der Waals surface area contributed by atoms with E-state index in [1.165, 1.54) is 0 Å². The molecule has 2 aromatic rings. The lowest BCUT2D eigenvalue weighted by Gasteiger charge is -1.98. The Morgan fingerprint density at radius 3 is 2.75 bits per heavy atom. The minimum absolute atomic E-state index is 0.483. The SMILES string of the molecule is Cn1ccc(C=Nc2cccc(Cl)c2Cl)c1. The number of benzene rings is 1. The van der Waals surface area contributed by atoms with Crippen molar-refractivity contribution in [1.82, 2.24) is 4.57 Å². The fourth-order valence-electron chi connectivity index (χ4n) is 1.34. The van der Waals surface area contributed by atoms with Crippen molar-refractivity contribution in [2.45, 2.75) is 0 Å². The molecule has 0 aliphatic rings. The van der Waals surface area contributed by atoms with Gasteiger partial charge in [-0.2, -0.15) is 0 Å². The normalized spacial score (nSPS) is 11.2. The van der Waals surface area contributed by atoms with E-state index in [0.717, 1.165) is 5.56 Å². The number of aliphatic imine (C=N–C) groups is 1. The zero-order valence-corrected chi connectivity index (χ0v) is 10.2. The molecule has 1 heterocycles. The van der Waals surface area contributed by atoms with Crippen LogP contribution in [0, 0.1) is 0 Å². The Bertz CT molecular complexity index is 530. The minimum atomic E-state index is 0.483. The Balaban J connectivity index is 2.27. The van der Waals surface area contributed by atoms with Crippen LogP contribution in [0.15, 0.2) is 41.7 Å². The Morgan fingerprint density at radius 2 is 2.06 bits per heavy atom. The molecule has 0 saturated heterocycles. The summed E-state index contributed by atoms with van der Waals surface area (Å²) in [7, 11) is 1.96. The molecule has 0 atom stereocenters. The second kappa shape index (κ2) is 4.73. The summed E-state index contributed by atoms with van der Waals surface area (Å²) >= 11 is 11.9.